The van der Waals surface area contributed by atoms with Crippen LogP contribution in [0.15, 0.2) is 170 Å². The number of fused-ring (bicyclic) bond motifs is 4. The van der Waals surface area contributed by atoms with Crippen LogP contribution < -0.4 is 14.5 Å². The fraction of sp³-hybridized carbons (Fsp3) is 0.226. The van der Waals surface area contributed by atoms with Gasteiger partial charge in [0.05, 0.1) is 0 Å². The van der Waals surface area contributed by atoms with Crippen LogP contribution in [0.4, 0.5) is 22.7 Å². The van der Waals surface area contributed by atoms with Gasteiger partial charge in [-0.3, -0.25) is 0 Å². The van der Waals surface area contributed by atoms with Gasteiger partial charge >= 0.3 is 0 Å². The first kappa shape index (κ1) is 46.7. The SMILES string of the molecule is CC(C)(C)c1cc(C(C)(C)C)cc(C(C)(C)c2ccnc(-n3c4[c-]c(Oc5[c-]c(N6[CH-]N(c7cccc(C(C)(C)c8ccccc8)c7)c7ccccc76)ccc5)ccc4c4ccccc43)c2)c1.[Pt]. The van der Waals surface area contributed by atoms with Crippen molar-refractivity contribution in [1.29, 1.82) is 0 Å². The molecule has 3 heterocycles. The molecule has 2 aromatic heterocycles. The van der Waals surface area contributed by atoms with E-state index in [2.05, 4.69) is 248 Å². The molecule has 0 atom stereocenters. The van der Waals surface area contributed by atoms with E-state index < -0.39 is 0 Å². The van der Waals surface area contributed by atoms with Crippen LogP contribution in [0, 0.1) is 18.8 Å². The minimum absolute atomic E-state index is 0. The third-order valence-electron chi connectivity index (χ3n) is 13.8. The summed E-state index contributed by atoms with van der Waals surface area (Å²) in [4.78, 5) is 9.48. The van der Waals surface area contributed by atoms with E-state index >= 15 is 0 Å². The zero-order valence-corrected chi connectivity index (χ0v) is 43.0. The van der Waals surface area contributed by atoms with E-state index in [0.717, 1.165) is 50.4 Å². The second-order valence-electron chi connectivity index (χ2n) is 21.2. The van der Waals surface area contributed by atoms with Crippen LogP contribution >= 0.6 is 0 Å². The Bertz CT molecular complexity index is 3260. The molecule has 10 rings (SSSR count). The fourth-order valence-electron chi connectivity index (χ4n) is 9.45. The topological polar surface area (TPSA) is 33.5 Å². The molecule has 1 aliphatic heterocycles. The number of rotatable bonds is 9. The van der Waals surface area contributed by atoms with Crippen LogP contribution in [-0.2, 0) is 42.7 Å². The van der Waals surface area contributed by atoms with Gasteiger partial charge in [0.1, 0.15) is 5.82 Å². The summed E-state index contributed by atoms with van der Waals surface area (Å²) in [6.07, 6.45) is 1.95. The van der Waals surface area contributed by atoms with Crippen LogP contribution in [0.1, 0.15) is 103 Å². The van der Waals surface area contributed by atoms with Gasteiger partial charge in [0.2, 0.25) is 0 Å². The molecular formula is C62H59N4OPt-3. The molecule has 68 heavy (non-hydrogen) atoms. The molecule has 0 saturated heterocycles. The summed E-state index contributed by atoms with van der Waals surface area (Å²) in [5.74, 6) is 2.03. The van der Waals surface area contributed by atoms with Crippen molar-refractivity contribution in [3.63, 3.8) is 0 Å². The molecule has 0 fully saturated rings. The molecule has 0 bridgehead atoms. The predicted octanol–water partition coefficient (Wildman–Crippen LogP) is 16.2. The van der Waals surface area contributed by atoms with Gasteiger partial charge in [0.25, 0.3) is 0 Å². The number of benzene rings is 7. The summed E-state index contributed by atoms with van der Waals surface area (Å²) < 4.78 is 8.91. The number of pyridine rings is 1. The molecule has 0 amide bonds. The smallest absolute Gasteiger partial charge is 0.135 e. The Labute approximate surface area is 417 Å². The number of nitrogens with zero attached hydrogens (tertiary/aromatic N) is 4. The van der Waals surface area contributed by atoms with E-state index in [1.54, 1.807) is 0 Å². The van der Waals surface area contributed by atoms with Gasteiger partial charge in [-0.25, -0.2) is 4.98 Å². The van der Waals surface area contributed by atoms with E-state index in [1.165, 1.54) is 33.4 Å². The summed E-state index contributed by atoms with van der Waals surface area (Å²) in [6.45, 7) is 25.2. The van der Waals surface area contributed by atoms with Crippen molar-refractivity contribution in [2.45, 2.75) is 90.9 Å². The summed E-state index contributed by atoms with van der Waals surface area (Å²) in [5, 5.41) is 2.22. The average molecular weight is 1070 g/mol. The van der Waals surface area contributed by atoms with Gasteiger partial charge in [0, 0.05) is 72.2 Å². The maximum Gasteiger partial charge on any atom is 0.135 e. The average Bonchev–Trinajstić information content (AvgIpc) is 3.87. The van der Waals surface area contributed by atoms with E-state index in [4.69, 9.17) is 9.72 Å². The first-order valence-corrected chi connectivity index (χ1v) is 23.4. The first-order valence-electron chi connectivity index (χ1n) is 23.4. The molecule has 5 nitrogen and oxygen atoms in total. The van der Waals surface area contributed by atoms with Crippen molar-refractivity contribution in [2.75, 3.05) is 9.80 Å². The molecule has 0 aliphatic carbocycles. The Morgan fingerprint density at radius 2 is 1.06 bits per heavy atom. The van der Waals surface area contributed by atoms with Crippen LogP contribution in [0.3, 0.4) is 0 Å². The summed E-state index contributed by atoms with van der Waals surface area (Å²) in [5.41, 5.74) is 13.4. The fourth-order valence-corrected chi connectivity index (χ4v) is 9.45. The van der Waals surface area contributed by atoms with Crippen LogP contribution in [0.25, 0.3) is 27.6 Å². The van der Waals surface area contributed by atoms with E-state index in [0.29, 0.717) is 11.5 Å². The van der Waals surface area contributed by atoms with Gasteiger partial charge < -0.3 is 19.1 Å². The third-order valence-corrected chi connectivity index (χ3v) is 13.8. The predicted molar refractivity (Wildman–Crippen MR) is 279 cm³/mol. The number of ether oxygens (including phenoxy) is 1. The molecule has 0 spiro atoms. The molecule has 346 valence electrons. The second kappa shape index (κ2) is 17.6. The molecule has 6 heteroatoms. The first-order chi connectivity index (χ1) is 32.0. The van der Waals surface area contributed by atoms with E-state index in [9.17, 15) is 0 Å². The molecule has 0 radical (unpaired) electrons. The quantitative estimate of drug-likeness (QED) is 0.135. The van der Waals surface area contributed by atoms with Crippen LogP contribution in [0.5, 0.6) is 11.5 Å². The Morgan fingerprint density at radius 1 is 0.471 bits per heavy atom. The summed E-state index contributed by atoms with van der Waals surface area (Å²) >= 11 is 0. The molecule has 9 aromatic rings. The molecule has 7 aromatic carbocycles. The molecule has 0 N–H and O–H groups in total. The van der Waals surface area contributed by atoms with Gasteiger partial charge in [-0.15, -0.1) is 48.1 Å². The van der Waals surface area contributed by atoms with Crippen molar-refractivity contribution < 1.29 is 25.8 Å². The zero-order chi connectivity index (χ0) is 46.9. The molecule has 1 aliphatic rings. The van der Waals surface area contributed by atoms with E-state index in [-0.39, 0.29) is 42.7 Å². The van der Waals surface area contributed by atoms with E-state index in [1.807, 2.05) is 24.4 Å². The third kappa shape index (κ3) is 8.56. The van der Waals surface area contributed by atoms with Gasteiger partial charge in [0.15, 0.2) is 0 Å². The van der Waals surface area contributed by atoms with Crippen molar-refractivity contribution in [1.82, 2.24) is 9.55 Å². The minimum atomic E-state index is -0.301. The maximum atomic E-state index is 6.68. The minimum Gasteiger partial charge on any atom is -0.509 e. The number of hydrogen-bond acceptors (Lipinski definition) is 4. The normalized spacial score (nSPS) is 13.2. The largest absolute Gasteiger partial charge is 0.509 e. The van der Waals surface area contributed by atoms with Gasteiger partial charge in [-0.2, -0.15) is 12.1 Å². The Kier molecular flexibility index (Phi) is 12.1. The van der Waals surface area contributed by atoms with Crippen molar-refractivity contribution >= 4 is 44.6 Å². The van der Waals surface area contributed by atoms with Gasteiger partial charge in [-0.1, -0.05) is 166 Å². The molecule has 0 unspecified atom stereocenters. The van der Waals surface area contributed by atoms with Crippen LogP contribution in [-0.4, -0.2) is 9.55 Å². The second-order valence-corrected chi connectivity index (χ2v) is 21.2. The number of anilines is 4. The van der Waals surface area contributed by atoms with Crippen molar-refractivity contribution in [3.05, 3.63) is 222 Å². The number of para-hydroxylation sites is 3. The molecular weight excluding hydrogens is 1010 g/mol. The Hall–Kier alpha value is -6.42. The van der Waals surface area contributed by atoms with Crippen LogP contribution in [0.2, 0.25) is 0 Å². The maximum absolute atomic E-state index is 6.68. The monoisotopic (exact) mass is 1070 g/mol. The Balaban J connectivity index is 0.00000578. The zero-order valence-electron chi connectivity index (χ0n) is 40.8. The van der Waals surface area contributed by atoms with Crippen molar-refractivity contribution in [3.8, 4) is 17.3 Å². The van der Waals surface area contributed by atoms with Gasteiger partial charge in [-0.05, 0) is 92.1 Å². The Morgan fingerprint density at radius 3 is 1.78 bits per heavy atom. The number of aromatic nitrogens is 2. The number of hydrogen-bond donors (Lipinski definition) is 0. The molecule has 0 saturated carbocycles. The van der Waals surface area contributed by atoms with Crippen molar-refractivity contribution in [2.24, 2.45) is 0 Å². The summed E-state index contributed by atoms with van der Waals surface area (Å²) in [7, 11) is 0. The summed E-state index contributed by atoms with van der Waals surface area (Å²) in [6, 6.07) is 65.7. The standard InChI is InChI=1S/C62H59N4O.Pt/c1-59(2,3)45-34-46(60(4,5)6)36-47(35-45)62(9,10)44-32-33-63-58(38-44)66-54-27-15-14-26-52(54)53-31-30-51(40-57(53)66)67-50-25-19-24-49(39-50)65-41-64(55-28-16-17-29-56(55)65)48-23-18-22-43(37-48)61(7,8)42-20-12-11-13-21-42;/h11-38,41H,1-10H3;/q-3;.